The lowest BCUT2D eigenvalue weighted by molar-refractivity contribution is -0.145. The molecule has 1 spiro atoms. The second-order valence-corrected chi connectivity index (χ2v) is 11.4. The van der Waals surface area contributed by atoms with E-state index in [1.165, 1.54) is 12.3 Å². The fraction of sp³-hybridized carbons (Fsp3) is 0.391. The van der Waals surface area contributed by atoms with Crippen LogP contribution in [0.3, 0.4) is 0 Å². The molecule has 41 heavy (non-hydrogen) atoms. The summed E-state index contributed by atoms with van der Waals surface area (Å²) in [6, 6.07) is 4.10. The van der Waals surface area contributed by atoms with E-state index in [1.807, 2.05) is 0 Å². The van der Waals surface area contributed by atoms with Gasteiger partial charge in [0.1, 0.15) is 11.7 Å². The average molecular weight is 607 g/mol. The molecule has 0 saturated heterocycles. The number of ether oxygens (including phenoxy) is 1. The minimum Gasteiger partial charge on any atom is -0.474 e. The normalized spacial score (nSPS) is 22.6. The summed E-state index contributed by atoms with van der Waals surface area (Å²) in [6.07, 6.45) is -1.43. The van der Waals surface area contributed by atoms with Crippen LogP contribution in [0.4, 0.5) is 26.3 Å². The Morgan fingerprint density at radius 2 is 1.76 bits per heavy atom. The summed E-state index contributed by atoms with van der Waals surface area (Å²) in [5, 5.41) is 2.60. The molecule has 3 aromatic rings. The maximum atomic E-state index is 13.6. The third-order valence-corrected chi connectivity index (χ3v) is 7.88. The van der Waals surface area contributed by atoms with Crippen molar-refractivity contribution in [2.24, 2.45) is 11.1 Å². The number of pyridine rings is 2. The van der Waals surface area contributed by atoms with Crippen molar-refractivity contribution in [1.82, 2.24) is 19.7 Å². The van der Waals surface area contributed by atoms with E-state index in [9.17, 15) is 44.3 Å². The van der Waals surface area contributed by atoms with Crippen molar-refractivity contribution in [3.63, 3.8) is 0 Å². The molecule has 0 radical (unpaired) electrons. The molecule has 220 valence electrons. The lowest BCUT2D eigenvalue weighted by Gasteiger charge is -2.57. The molecular weight excluding hydrogens is 588 g/mol. The Bertz CT molecular complexity index is 1640. The largest absolute Gasteiger partial charge is 0.534 e. The van der Waals surface area contributed by atoms with Gasteiger partial charge in [0.25, 0.3) is 11.8 Å². The van der Waals surface area contributed by atoms with Crippen LogP contribution >= 0.6 is 0 Å². The Morgan fingerprint density at radius 3 is 2.37 bits per heavy atom. The number of primary amides is 1. The van der Waals surface area contributed by atoms with Gasteiger partial charge in [0.2, 0.25) is 11.7 Å². The van der Waals surface area contributed by atoms with Crippen LogP contribution in [0.1, 0.15) is 52.4 Å². The first-order valence-corrected chi connectivity index (χ1v) is 13.2. The Hall–Kier alpha value is -4.09. The highest BCUT2D eigenvalue weighted by Gasteiger charge is 2.54. The summed E-state index contributed by atoms with van der Waals surface area (Å²) in [6.45, 7) is 0. The number of imidazole rings is 1. The molecule has 3 N–H and O–H groups in total. The third kappa shape index (κ3) is 5.34. The van der Waals surface area contributed by atoms with Crippen molar-refractivity contribution in [3.8, 4) is 11.6 Å². The van der Waals surface area contributed by atoms with Crippen molar-refractivity contribution in [2.75, 3.05) is 0 Å². The SMILES string of the molecule is NC(=O)c1cccnc1OC1CC2(CC(NC(=O)c3nc(C(F)(F)F)n4cc(OS(=O)(=O)C(F)(F)F)ccc34)C2)C1. The summed E-state index contributed by atoms with van der Waals surface area (Å²) in [5.41, 5.74) is -1.62. The van der Waals surface area contributed by atoms with E-state index < -0.39 is 62.4 Å². The first kappa shape index (κ1) is 28.4. The summed E-state index contributed by atoms with van der Waals surface area (Å²) < 4.78 is 111. The molecule has 5 rings (SSSR count). The zero-order chi connectivity index (χ0) is 30.0. The molecule has 11 nitrogen and oxygen atoms in total. The van der Waals surface area contributed by atoms with Crippen molar-refractivity contribution in [2.45, 2.75) is 49.5 Å². The Labute approximate surface area is 226 Å². The molecule has 0 unspecified atom stereocenters. The molecule has 0 bridgehead atoms. The molecule has 0 atom stereocenters. The van der Waals surface area contributed by atoms with Crippen LogP contribution in [-0.2, 0) is 16.3 Å². The number of alkyl halides is 6. The molecule has 2 aliphatic rings. The number of rotatable bonds is 7. The molecule has 2 saturated carbocycles. The van der Waals surface area contributed by atoms with E-state index in [2.05, 4.69) is 19.5 Å². The third-order valence-electron chi connectivity index (χ3n) is 6.90. The van der Waals surface area contributed by atoms with Gasteiger partial charge < -0.3 is 20.0 Å². The van der Waals surface area contributed by atoms with Gasteiger partial charge in [0.05, 0.1) is 11.7 Å². The highest BCUT2D eigenvalue weighted by atomic mass is 32.2. The Morgan fingerprint density at radius 1 is 1.07 bits per heavy atom. The van der Waals surface area contributed by atoms with E-state index in [0.29, 0.717) is 37.9 Å². The van der Waals surface area contributed by atoms with Crippen molar-refractivity contribution in [1.29, 1.82) is 0 Å². The molecule has 3 aromatic heterocycles. The smallest absolute Gasteiger partial charge is 0.474 e. The van der Waals surface area contributed by atoms with Gasteiger partial charge >= 0.3 is 21.8 Å². The molecular formula is C23H19F6N5O6S. The van der Waals surface area contributed by atoms with Crippen LogP contribution in [0.25, 0.3) is 5.52 Å². The standard InChI is InChI=1S/C23H19F6N5O6S/c24-22(25,26)20-33-16(15-4-3-12(10-34(15)20)40-41(37,38)23(27,28)29)18(36)32-11-6-21(7-11)8-13(9-21)39-19-14(17(30)35)2-1-5-31-19/h1-5,10-11,13H,6-9H2,(H2,30,35)(H,32,36). The van der Waals surface area contributed by atoms with Crippen LogP contribution < -0.4 is 20.0 Å². The lowest BCUT2D eigenvalue weighted by atomic mass is 9.53. The quantitative estimate of drug-likeness (QED) is 0.236. The number of nitrogens with one attached hydrogen (secondary N) is 1. The van der Waals surface area contributed by atoms with Crippen molar-refractivity contribution >= 4 is 27.4 Å². The maximum absolute atomic E-state index is 13.6. The Kier molecular flexibility index (Phi) is 6.58. The van der Waals surface area contributed by atoms with E-state index in [-0.39, 0.29) is 27.4 Å². The second-order valence-electron chi connectivity index (χ2n) is 9.83. The van der Waals surface area contributed by atoms with Crippen molar-refractivity contribution < 1.29 is 53.3 Å². The summed E-state index contributed by atoms with van der Waals surface area (Å²) in [4.78, 5) is 31.8. The monoisotopic (exact) mass is 607 g/mol. The fourth-order valence-electron chi connectivity index (χ4n) is 5.15. The van der Waals surface area contributed by atoms with Crippen LogP contribution in [0.5, 0.6) is 11.6 Å². The van der Waals surface area contributed by atoms with Crippen LogP contribution in [0.15, 0.2) is 36.7 Å². The van der Waals surface area contributed by atoms with Gasteiger partial charge in [-0.3, -0.25) is 14.0 Å². The number of carbonyl (C=O) groups excluding carboxylic acids is 2. The Balaban J connectivity index is 1.26. The zero-order valence-electron chi connectivity index (χ0n) is 20.5. The number of halogens is 6. The minimum absolute atomic E-state index is 0.112. The van der Waals surface area contributed by atoms with Gasteiger partial charge in [-0.1, -0.05) is 0 Å². The van der Waals surface area contributed by atoms with E-state index in [1.54, 1.807) is 6.07 Å². The van der Waals surface area contributed by atoms with E-state index >= 15 is 0 Å². The molecule has 2 aliphatic carbocycles. The van der Waals surface area contributed by atoms with Crippen LogP contribution in [0.2, 0.25) is 0 Å². The number of amides is 2. The van der Waals surface area contributed by atoms with Crippen LogP contribution in [0, 0.1) is 5.41 Å². The molecule has 18 heteroatoms. The average Bonchev–Trinajstić information content (AvgIpc) is 3.20. The zero-order valence-corrected chi connectivity index (χ0v) is 21.3. The van der Waals surface area contributed by atoms with Gasteiger partial charge in [-0.2, -0.15) is 34.8 Å². The molecule has 0 aliphatic heterocycles. The predicted octanol–water partition coefficient (Wildman–Crippen LogP) is 3.20. The number of carbonyl (C=O) groups is 2. The minimum atomic E-state index is -6.15. The number of hydrogen-bond donors (Lipinski definition) is 2. The van der Waals surface area contributed by atoms with Gasteiger partial charge in [-0.25, -0.2) is 9.97 Å². The van der Waals surface area contributed by atoms with Crippen LogP contribution in [-0.4, -0.2) is 52.3 Å². The van der Waals surface area contributed by atoms with Gasteiger partial charge in [-0.15, -0.1) is 0 Å². The number of fused-ring (bicyclic) bond motifs is 1. The predicted molar refractivity (Wildman–Crippen MR) is 125 cm³/mol. The first-order valence-electron chi connectivity index (χ1n) is 11.8. The molecule has 0 aromatic carbocycles. The summed E-state index contributed by atoms with van der Waals surface area (Å²) >= 11 is 0. The van der Waals surface area contributed by atoms with E-state index in [4.69, 9.17) is 10.5 Å². The molecule has 3 heterocycles. The number of hydrogen-bond acceptors (Lipinski definition) is 8. The molecule has 2 amide bonds. The summed E-state index contributed by atoms with van der Waals surface area (Å²) in [5.74, 6) is -4.27. The fourth-order valence-corrected chi connectivity index (χ4v) is 5.60. The van der Waals surface area contributed by atoms with Gasteiger partial charge in [-0.05, 0) is 55.4 Å². The lowest BCUT2D eigenvalue weighted by Crippen LogP contribution is -2.58. The molecule has 2 fully saturated rings. The number of nitrogens with zero attached hydrogens (tertiary/aromatic N) is 3. The van der Waals surface area contributed by atoms with Crippen molar-refractivity contribution in [3.05, 3.63) is 53.7 Å². The summed E-state index contributed by atoms with van der Waals surface area (Å²) in [7, 11) is -6.15. The topological polar surface area (TPSA) is 155 Å². The maximum Gasteiger partial charge on any atom is 0.534 e. The first-order chi connectivity index (χ1) is 19.0. The van der Waals surface area contributed by atoms with E-state index in [0.717, 1.165) is 6.07 Å². The highest BCUT2D eigenvalue weighted by molar-refractivity contribution is 7.88. The second kappa shape index (κ2) is 9.49. The highest BCUT2D eigenvalue weighted by Crippen LogP contribution is 2.56. The van der Waals surface area contributed by atoms with Gasteiger partial charge in [0, 0.05) is 12.2 Å². The number of aromatic nitrogens is 3. The van der Waals surface area contributed by atoms with Gasteiger partial charge in [0.15, 0.2) is 11.4 Å². The number of nitrogens with two attached hydrogens (primary N) is 1.